The van der Waals surface area contributed by atoms with Gasteiger partial charge < -0.3 is 9.15 Å². The van der Waals surface area contributed by atoms with Gasteiger partial charge in [0.2, 0.25) is 0 Å². The van der Waals surface area contributed by atoms with E-state index in [9.17, 15) is 0 Å². The van der Waals surface area contributed by atoms with Gasteiger partial charge in [-0.15, -0.1) is 0 Å². The summed E-state index contributed by atoms with van der Waals surface area (Å²) in [5.41, 5.74) is 14.3. The average molecular weight is 756 g/mol. The molecule has 7 aromatic carbocycles. The van der Waals surface area contributed by atoms with Crippen LogP contribution in [-0.4, -0.2) is 15.0 Å². The molecule has 5 nitrogen and oxygen atoms in total. The SMILES string of the molecule is C1=Cc2ccc(-c3nc(-c4ccccc4)cc(-c4ccc(-c5cccnc5)cc4)n3)cc2C2(c3ccccc31)c1ccccc1Oc1cc3c(cc12)oc1ccccc13. The number of para-hydroxylation sites is 2. The molecule has 1 aliphatic carbocycles. The average Bonchev–Trinajstić information content (AvgIpc) is 3.60. The summed E-state index contributed by atoms with van der Waals surface area (Å²) in [5, 5.41) is 2.08. The molecule has 2 aliphatic rings. The van der Waals surface area contributed by atoms with E-state index in [2.05, 4.69) is 169 Å². The fraction of sp³-hybridized carbons (Fsp3) is 0.0185. The van der Waals surface area contributed by atoms with E-state index in [1.54, 1.807) is 6.20 Å². The first-order valence-electron chi connectivity index (χ1n) is 19.8. The maximum Gasteiger partial charge on any atom is 0.160 e. The highest BCUT2D eigenvalue weighted by Gasteiger charge is 2.48. The van der Waals surface area contributed by atoms with Crippen LogP contribution in [0, 0.1) is 0 Å². The van der Waals surface area contributed by atoms with Crippen LogP contribution in [0.2, 0.25) is 0 Å². The van der Waals surface area contributed by atoms with E-state index in [-0.39, 0.29) is 0 Å². The van der Waals surface area contributed by atoms with Crippen LogP contribution in [0.3, 0.4) is 0 Å². The molecule has 3 aromatic heterocycles. The van der Waals surface area contributed by atoms with Crippen LogP contribution in [-0.2, 0) is 5.41 Å². The topological polar surface area (TPSA) is 61.0 Å². The van der Waals surface area contributed by atoms with Crippen LogP contribution in [0.4, 0.5) is 0 Å². The third-order valence-corrected chi connectivity index (χ3v) is 11.9. The molecule has 276 valence electrons. The lowest BCUT2D eigenvalue weighted by Gasteiger charge is -2.42. The summed E-state index contributed by atoms with van der Waals surface area (Å²) in [6.07, 6.45) is 8.16. The fourth-order valence-electron chi connectivity index (χ4n) is 9.16. The van der Waals surface area contributed by atoms with E-state index >= 15 is 0 Å². The second-order valence-electron chi connectivity index (χ2n) is 15.2. The van der Waals surface area contributed by atoms with Crippen molar-refractivity contribution in [3.8, 4) is 56.5 Å². The van der Waals surface area contributed by atoms with Crippen LogP contribution >= 0.6 is 0 Å². The van der Waals surface area contributed by atoms with E-state index in [0.29, 0.717) is 5.82 Å². The molecular formula is C54H33N3O2. The zero-order chi connectivity index (χ0) is 38.9. The third-order valence-electron chi connectivity index (χ3n) is 11.9. The Morgan fingerprint density at radius 3 is 1.92 bits per heavy atom. The molecule has 0 saturated carbocycles. The van der Waals surface area contributed by atoms with E-state index in [1.165, 1.54) is 0 Å². The van der Waals surface area contributed by atoms with Crippen molar-refractivity contribution in [3.05, 3.63) is 222 Å². The van der Waals surface area contributed by atoms with Crippen LogP contribution in [0.15, 0.2) is 193 Å². The van der Waals surface area contributed by atoms with Crippen molar-refractivity contribution in [2.45, 2.75) is 5.41 Å². The van der Waals surface area contributed by atoms with Gasteiger partial charge in [0.05, 0.1) is 16.8 Å². The van der Waals surface area contributed by atoms with Gasteiger partial charge >= 0.3 is 0 Å². The molecule has 0 radical (unpaired) electrons. The van der Waals surface area contributed by atoms with E-state index in [4.69, 9.17) is 19.1 Å². The zero-order valence-electron chi connectivity index (χ0n) is 31.7. The smallest absolute Gasteiger partial charge is 0.160 e. The first kappa shape index (κ1) is 33.3. The molecule has 1 unspecified atom stereocenters. The number of furan rings is 1. The minimum atomic E-state index is -0.787. The van der Waals surface area contributed by atoms with E-state index in [0.717, 1.165) is 106 Å². The summed E-state index contributed by atoms with van der Waals surface area (Å²) in [6.45, 7) is 0. The van der Waals surface area contributed by atoms with Crippen molar-refractivity contribution in [2.24, 2.45) is 0 Å². The Hall–Kier alpha value is -7.89. The molecule has 0 fully saturated rings. The summed E-state index contributed by atoms with van der Waals surface area (Å²) >= 11 is 0. The molecule has 0 saturated heterocycles. The highest BCUT2D eigenvalue weighted by molar-refractivity contribution is 6.06. The number of benzene rings is 7. The number of ether oxygens (including phenoxy) is 1. The lowest BCUT2D eigenvalue weighted by atomic mass is 9.62. The maximum atomic E-state index is 6.89. The number of pyridine rings is 1. The molecule has 0 bridgehead atoms. The van der Waals surface area contributed by atoms with Gasteiger partial charge in [-0.05, 0) is 75.8 Å². The number of fused-ring (bicyclic) bond motifs is 11. The van der Waals surface area contributed by atoms with Crippen LogP contribution in [0.1, 0.15) is 33.4 Å². The van der Waals surface area contributed by atoms with Gasteiger partial charge in [0.15, 0.2) is 5.82 Å². The van der Waals surface area contributed by atoms with Gasteiger partial charge in [-0.3, -0.25) is 4.98 Å². The Balaban J connectivity index is 1.11. The zero-order valence-corrected chi connectivity index (χ0v) is 31.7. The second kappa shape index (κ2) is 13.1. The molecule has 10 aromatic rings. The highest BCUT2D eigenvalue weighted by Crippen LogP contribution is 2.59. The lowest BCUT2D eigenvalue weighted by Crippen LogP contribution is -2.35. The Labute approximate surface area is 340 Å². The van der Waals surface area contributed by atoms with Gasteiger partial charge in [-0.1, -0.05) is 146 Å². The summed E-state index contributed by atoms with van der Waals surface area (Å²) in [5.74, 6) is 2.26. The maximum absolute atomic E-state index is 6.89. The van der Waals surface area contributed by atoms with Crippen LogP contribution in [0.25, 0.3) is 79.1 Å². The molecule has 1 atom stereocenters. The quantitative estimate of drug-likeness (QED) is 0.179. The third kappa shape index (κ3) is 5.22. The van der Waals surface area contributed by atoms with E-state index < -0.39 is 5.41 Å². The fourth-order valence-corrected chi connectivity index (χ4v) is 9.16. The summed E-state index contributed by atoms with van der Waals surface area (Å²) in [7, 11) is 0. The molecule has 4 heterocycles. The van der Waals surface area contributed by atoms with Crippen LogP contribution in [0.5, 0.6) is 11.5 Å². The molecule has 12 rings (SSSR count). The Kier molecular flexibility index (Phi) is 7.38. The summed E-state index contributed by atoms with van der Waals surface area (Å²) in [6, 6.07) is 61.4. The Morgan fingerprint density at radius 1 is 0.407 bits per heavy atom. The number of hydrogen-bond acceptors (Lipinski definition) is 5. The number of aromatic nitrogens is 3. The van der Waals surface area contributed by atoms with Crippen molar-refractivity contribution in [1.82, 2.24) is 15.0 Å². The minimum absolute atomic E-state index is 0.644. The van der Waals surface area contributed by atoms with Gasteiger partial charge in [0.25, 0.3) is 0 Å². The van der Waals surface area contributed by atoms with Crippen molar-refractivity contribution in [1.29, 1.82) is 0 Å². The van der Waals surface area contributed by atoms with Gasteiger partial charge in [-0.25, -0.2) is 9.97 Å². The first-order chi connectivity index (χ1) is 29.2. The van der Waals surface area contributed by atoms with Gasteiger partial charge in [0, 0.05) is 51.0 Å². The summed E-state index contributed by atoms with van der Waals surface area (Å²) < 4.78 is 13.5. The van der Waals surface area contributed by atoms with Crippen molar-refractivity contribution in [3.63, 3.8) is 0 Å². The number of nitrogens with zero attached hydrogens (tertiary/aromatic N) is 3. The van der Waals surface area contributed by atoms with Gasteiger partial charge in [-0.2, -0.15) is 0 Å². The molecule has 0 amide bonds. The lowest BCUT2D eigenvalue weighted by molar-refractivity contribution is 0.435. The predicted molar refractivity (Wildman–Crippen MR) is 236 cm³/mol. The van der Waals surface area contributed by atoms with Crippen molar-refractivity contribution >= 4 is 34.1 Å². The molecule has 1 spiro atoms. The number of rotatable bonds is 4. The number of hydrogen-bond donors (Lipinski definition) is 0. The van der Waals surface area contributed by atoms with Gasteiger partial charge in [0.1, 0.15) is 22.7 Å². The van der Waals surface area contributed by atoms with Crippen molar-refractivity contribution in [2.75, 3.05) is 0 Å². The summed E-state index contributed by atoms with van der Waals surface area (Å²) in [4.78, 5) is 14.9. The molecule has 0 N–H and O–H groups in total. The predicted octanol–water partition coefficient (Wildman–Crippen LogP) is 13.4. The highest BCUT2D eigenvalue weighted by atomic mass is 16.5. The molecule has 1 aliphatic heterocycles. The minimum Gasteiger partial charge on any atom is -0.457 e. The largest absolute Gasteiger partial charge is 0.457 e. The van der Waals surface area contributed by atoms with Crippen molar-refractivity contribution < 1.29 is 9.15 Å². The monoisotopic (exact) mass is 755 g/mol. The Bertz CT molecular complexity index is 3300. The molecule has 5 heteroatoms. The normalized spacial score (nSPS) is 14.9. The standard InChI is InChI=1S/C54H33N3O2/c1-2-12-37(13-3-1)47-32-48(38-25-20-34(21-26-38)40-14-10-28-55-33-40)57-53(56-47)39-27-24-36-23-22-35-11-4-6-16-43(35)54(45(36)29-39)44-17-7-9-19-50(44)59-52-30-42-41-15-5-8-18-49(41)58-51(42)31-46(52)54/h1-33H. The first-order valence-corrected chi connectivity index (χ1v) is 19.8. The van der Waals surface area contributed by atoms with E-state index in [1.807, 2.05) is 30.5 Å². The molecular weight excluding hydrogens is 723 g/mol. The van der Waals surface area contributed by atoms with Crippen LogP contribution < -0.4 is 4.74 Å². The Morgan fingerprint density at radius 2 is 1.08 bits per heavy atom. The second-order valence-corrected chi connectivity index (χ2v) is 15.2. The molecule has 59 heavy (non-hydrogen) atoms.